The molecular weight excluding hydrogens is 791 g/mol. The van der Waals surface area contributed by atoms with E-state index in [1.54, 1.807) is 29.9 Å². The van der Waals surface area contributed by atoms with Crippen LogP contribution in [0, 0.1) is 0 Å². The number of hydrazine groups is 3. The zero-order valence-electron chi connectivity index (χ0n) is 32.8. The molecule has 1 saturated carbocycles. The van der Waals surface area contributed by atoms with Crippen molar-refractivity contribution >= 4 is 100 Å². The first-order chi connectivity index (χ1) is 29.7. The van der Waals surface area contributed by atoms with Gasteiger partial charge in [0.15, 0.2) is 0 Å². The van der Waals surface area contributed by atoms with E-state index in [-0.39, 0.29) is 0 Å². The highest BCUT2D eigenvalue weighted by Gasteiger charge is 2.32. The minimum absolute atomic E-state index is 0.307. The Balaban J connectivity index is 1.25. The molecule has 0 unspecified atom stereocenters. The number of hydrogen-bond acceptors (Lipinski definition) is 15. The number of pyridine rings is 1. The molecule has 60 heavy (non-hydrogen) atoms. The predicted molar refractivity (Wildman–Crippen MR) is 245 cm³/mol. The van der Waals surface area contributed by atoms with E-state index in [1.165, 1.54) is 42.7 Å². The lowest BCUT2D eigenvalue weighted by atomic mass is 9.96. The Hall–Kier alpha value is -6.69. The number of anilines is 10. The lowest BCUT2D eigenvalue weighted by Crippen LogP contribution is -2.53. The topological polar surface area (TPSA) is 175 Å². The lowest BCUT2D eigenvalue weighted by Gasteiger charge is -2.32. The second-order valence-corrected chi connectivity index (χ2v) is 16.6. The molecule has 15 nitrogen and oxygen atoms in total. The largest absolute Gasteiger partial charge is 0.337 e. The van der Waals surface area contributed by atoms with Gasteiger partial charge >= 0.3 is 0 Å². The number of nitrogens with zero attached hydrogens (tertiary/aromatic N) is 7. The number of nitrogens with one attached hydrogen (secondary N) is 8. The van der Waals surface area contributed by atoms with Gasteiger partial charge in [0, 0.05) is 41.9 Å². The van der Waals surface area contributed by atoms with Gasteiger partial charge in [0.05, 0.1) is 38.5 Å². The fraction of sp³-hybridized carbons (Fsp3) is 0.233. The van der Waals surface area contributed by atoms with E-state index >= 15 is 0 Å². The summed E-state index contributed by atoms with van der Waals surface area (Å²) in [7, 11) is 0. The van der Waals surface area contributed by atoms with Crippen LogP contribution in [0.1, 0.15) is 57.8 Å². The van der Waals surface area contributed by atoms with Crippen LogP contribution in [0.25, 0.3) is 21.3 Å². The number of allylic oxidation sites excluding steroid dienone is 2. The zero-order valence-corrected chi connectivity index (χ0v) is 34.4. The summed E-state index contributed by atoms with van der Waals surface area (Å²) in [4.78, 5) is 31.6. The Kier molecular flexibility index (Phi) is 10.8. The van der Waals surface area contributed by atoms with Crippen LogP contribution in [0.3, 0.4) is 0 Å². The molecule has 0 spiro atoms. The van der Waals surface area contributed by atoms with Gasteiger partial charge in [-0.15, -0.1) is 11.3 Å². The third kappa shape index (κ3) is 8.14. The van der Waals surface area contributed by atoms with Gasteiger partial charge in [-0.3, -0.25) is 10.9 Å². The highest BCUT2D eigenvalue weighted by Crippen LogP contribution is 2.53. The molecule has 1 fully saturated rings. The number of rotatable bonds is 15. The number of H-pyrrole nitrogens is 2. The van der Waals surface area contributed by atoms with E-state index in [1.807, 2.05) is 89.4 Å². The first-order valence-electron chi connectivity index (χ1n) is 20.4. The van der Waals surface area contributed by atoms with Crippen LogP contribution in [-0.2, 0) is 0 Å². The Morgan fingerprint density at radius 3 is 2.35 bits per heavy atom. The summed E-state index contributed by atoms with van der Waals surface area (Å²) in [6.45, 7) is 0. The molecular formula is C43H45N15S2. The maximum absolute atomic E-state index is 5.61. The molecule has 3 aromatic carbocycles. The molecule has 10 rings (SSSR count). The molecule has 304 valence electrons. The quantitative estimate of drug-likeness (QED) is 0.0459. The molecule has 0 amide bonds. The van der Waals surface area contributed by atoms with Crippen molar-refractivity contribution in [3.8, 4) is 0 Å². The molecule has 0 radical (unpaired) electrons. The summed E-state index contributed by atoms with van der Waals surface area (Å²) in [5.41, 5.74) is 18.7. The number of hydrogen-bond donors (Lipinski definition) is 8. The lowest BCUT2D eigenvalue weighted by molar-refractivity contribution is 0.350. The molecule has 5 heterocycles. The maximum atomic E-state index is 5.61. The van der Waals surface area contributed by atoms with Gasteiger partial charge in [0.25, 0.3) is 0 Å². The van der Waals surface area contributed by atoms with Crippen molar-refractivity contribution in [2.45, 2.75) is 63.8 Å². The van der Waals surface area contributed by atoms with Gasteiger partial charge in [0.1, 0.15) is 17.0 Å². The molecule has 8 N–H and O–H groups in total. The summed E-state index contributed by atoms with van der Waals surface area (Å²) >= 11 is 3.11. The number of imidazole rings is 2. The van der Waals surface area contributed by atoms with E-state index in [0.717, 1.165) is 64.3 Å². The van der Waals surface area contributed by atoms with E-state index in [9.17, 15) is 0 Å². The van der Waals surface area contributed by atoms with E-state index in [4.69, 9.17) is 19.9 Å². The number of para-hydroxylation sites is 3. The minimum Gasteiger partial charge on any atom is -0.337 e. The zero-order chi connectivity index (χ0) is 40.1. The average molecular weight is 836 g/mol. The maximum Gasteiger partial charge on any atom is 0.221 e. The summed E-state index contributed by atoms with van der Waals surface area (Å²) in [5, 5.41) is 18.6. The Labute approximate surface area is 354 Å². The average Bonchev–Trinajstić information content (AvgIpc) is 4.14. The standard InChI is InChI=1S/C43H45N15S2/c1-4-14-28(15-5-1)54-57(42-47-26-27-59-42)38-35(52-41-48-31-20-10-11-21-32(31)49-41)34(51-40-45-24-25-46-40)36(50-33-22-12-13-23-44-33)39-37(38)53-43(60-39)58(55-29-16-6-2-7-17-29)56-30-18-8-3-9-19-30/h1,4-5,10-16,20-27,30,54-56H,2-3,6-9,17-19H2,(H,44,50)(H2,45,46,51)(H2,48,49,52). The van der Waals surface area contributed by atoms with Crippen LogP contribution in [0.2, 0.25) is 0 Å². The van der Waals surface area contributed by atoms with Gasteiger partial charge in [-0.1, -0.05) is 73.1 Å². The number of aromatic nitrogens is 7. The number of fused-ring (bicyclic) bond motifs is 2. The van der Waals surface area contributed by atoms with Crippen molar-refractivity contribution < 1.29 is 0 Å². The minimum atomic E-state index is 0.307. The number of aromatic amines is 2. The normalized spacial score (nSPS) is 14.5. The summed E-state index contributed by atoms with van der Waals surface area (Å²) in [6, 6.07) is 24.2. The first kappa shape index (κ1) is 37.6. The number of thiazole rings is 2. The molecule has 2 aliphatic carbocycles. The SMILES string of the molecule is C1=C(NN(NC2CCCCC2)c2nc3c(N(Nc4ccccc4)c4nccs4)c(Nc4nc5ccccc5[nH]4)c(Nc4ncc[nH]4)c(Nc4ccccn4)c3s2)CCCC1. The van der Waals surface area contributed by atoms with Gasteiger partial charge < -0.3 is 25.9 Å². The van der Waals surface area contributed by atoms with Crippen molar-refractivity contribution in [2.24, 2.45) is 0 Å². The smallest absolute Gasteiger partial charge is 0.221 e. The van der Waals surface area contributed by atoms with Crippen molar-refractivity contribution in [3.63, 3.8) is 0 Å². The van der Waals surface area contributed by atoms with Gasteiger partial charge in [0.2, 0.25) is 22.2 Å². The van der Waals surface area contributed by atoms with Gasteiger partial charge in [-0.2, -0.15) is 5.12 Å². The third-order valence-electron chi connectivity index (χ3n) is 10.6. The van der Waals surface area contributed by atoms with Crippen LogP contribution >= 0.6 is 22.7 Å². The highest BCUT2D eigenvalue weighted by molar-refractivity contribution is 7.23. The molecule has 2 aliphatic rings. The fourth-order valence-electron chi connectivity index (χ4n) is 7.74. The monoisotopic (exact) mass is 835 g/mol. The van der Waals surface area contributed by atoms with E-state index < -0.39 is 0 Å². The molecule has 5 aromatic heterocycles. The van der Waals surface area contributed by atoms with E-state index in [0.29, 0.717) is 51.5 Å². The third-order valence-corrected chi connectivity index (χ3v) is 12.4. The van der Waals surface area contributed by atoms with Crippen LogP contribution < -0.4 is 42.4 Å². The molecule has 8 aromatic rings. The summed E-state index contributed by atoms with van der Waals surface area (Å²) in [6.07, 6.45) is 19.7. The molecule has 0 aliphatic heterocycles. The van der Waals surface area contributed by atoms with Gasteiger partial charge in [-0.25, -0.2) is 35.4 Å². The second-order valence-electron chi connectivity index (χ2n) is 14.8. The predicted octanol–water partition coefficient (Wildman–Crippen LogP) is 10.7. The van der Waals surface area contributed by atoms with E-state index in [2.05, 4.69) is 58.4 Å². The first-order valence-corrected chi connectivity index (χ1v) is 22.1. The highest BCUT2D eigenvalue weighted by atomic mass is 32.1. The fourth-order valence-corrected chi connectivity index (χ4v) is 9.35. The second kappa shape index (κ2) is 17.3. The van der Waals surface area contributed by atoms with Crippen molar-refractivity contribution in [1.82, 2.24) is 45.7 Å². The van der Waals surface area contributed by atoms with Crippen LogP contribution in [-0.4, -0.2) is 40.9 Å². The van der Waals surface area contributed by atoms with Crippen molar-refractivity contribution in [1.29, 1.82) is 0 Å². The van der Waals surface area contributed by atoms with Crippen LogP contribution in [0.15, 0.2) is 115 Å². The van der Waals surface area contributed by atoms with Crippen LogP contribution in [0.4, 0.5) is 56.4 Å². The van der Waals surface area contributed by atoms with Gasteiger partial charge in [-0.05, 0) is 74.9 Å². The Bertz CT molecular complexity index is 2640. The number of benzene rings is 3. The summed E-state index contributed by atoms with van der Waals surface area (Å²) in [5.74, 6) is 1.76. The Morgan fingerprint density at radius 1 is 0.700 bits per heavy atom. The summed E-state index contributed by atoms with van der Waals surface area (Å²) < 4.78 is 0.876. The Morgan fingerprint density at radius 2 is 1.57 bits per heavy atom. The molecule has 0 bridgehead atoms. The van der Waals surface area contributed by atoms with Crippen molar-refractivity contribution in [2.75, 3.05) is 31.5 Å². The molecule has 17 heteroatoms. The molecule has 0 saturated heterocycles. The van der Waals surface area contributed by atoms with Crippen LogP contribution in [0.5, 0.6) is 0 Å². The molecule has 0 atom stereocenters. The van der Waals surface area contributed by atoms with Crippen molar-refractivity contribution in [3.05, 3.63) is 115 Å².